The van der Waals surface area contributed by atoms with E-state index in [-0.39, 0.29) is 22.0 Å². The van der Waals surface area contributed by atoms with Crippen molar-refractivity contribution in [2.75, 3.05) is 22.0 Å². The molecular weight excluding hydrogens is 404 g/mol. The van der Waals surface area contributed by atoms with E-state index in [4.69, 9.17) is 16.3 Å². The third-order valence-electron chi connectivity index (χ3n) is 4.23. The molecule has 1 aliphatic heterocycles. The summed E-state index contributed by atoms with van der Waals surface area (Å²) in [6.45, 7) is 3.83. The molecule has 0 unspecified atom stereocenters. The van der Waals surface area contributed by atoms with Gasteiger partial charge in [0, 0.05) is 0 Å². The summed E-state index contributed by atoms with van der Waals surface area (Å²) in [4.78, 5) is 24.8. The van der Waals surface area contributed by atoms with E-state index in [0.717, 1.165) is 4.31 Å². The fraction of sp³-hybridized carbons (Fsp3) is 0.263. The summed E-state index contributed by atoms with van der Waals surface area (Å²) in [5.41, 5.74) is 0.750. The minimum absolute atomic E-state index is 0.0337. The first-order valence-corrected chi connectivity index (χ1v) is 10.6. The predicted molar refractivity (Wildman–Crippen MR) is 107 cm³/mol. The molecule has 1 heterocycles. The van der Waals surface area contributed by atoms with E-state index in [1.807, 2.05) is 6.92 Å². The highest BCUT2D eigenvalue weighted by Crippen LogP contribution is 2.32. The summed E-state index contributed by atoms with van der Waals surface area (Å²) >= 11 is 6.22. The van der Waals surface area contributed by atoms with E-state index >= 15 is 0 Å². The summed E-state index contributed by atoms with van der Waals surface area (Å²) in [5, 5.41) is 2.76. The Morgan fingerprint density at radius 1 is 1.29 bits per heavy atom. The van der Waals surface area contributed by atoms with Crippen LogP contribution >= 0.6 is 11.6 Å². The molecule has 9 heteroatoms. The van der Waals surface area contributed by atoms with Gasteiger partial charge < -0.3 is 10.1 Å². The molecule has 1 aliphatic rings. The Balaban J connectivity index is 1.87. The van der Waals surface area contributed by atoms with Gasteiger partial charge in [-0.15, -0.1) is 0 Å². The van der Waals surface area contributed by atoms with Crippen LogP contribution in [0.4, 0.5) is 11.4 Å². The summed E-state index contributed by atoms with van der Waals surface area (Å²) in [5.74, 6) is -1.35. The zero-order chi connectivity index (χ0) is 20.5. The number of sulfonamides is 1. The summed E-state index contributed by atoms with van der Waals surface area (Å²) in [6.07, 6.45) is 0. The number of hydrogen-bond donors (Lipinski definition) is 1. The molecule has 2 amide bonds. The molecule has 0 saturated carbocycles. The maximum atomic E-state index is 12.6. The second kappa shape index (κ2) is 7.81. The minimum atomic E-state index is -3.74. The SMILES string of the molecule is CCOc1ccccc1NC(=O)c1ccc(N2C(=O)[C@H](C)CS2(=O)=O)cc1Cl. The van der Waals surface area contributed by atoms with Gasteiger partial charge in [0.25, 0.3) is 5.91 Å². The number of amides is 2. The summed E-state index contributed by atoms with van der Waals surface area (Å²) in [6, 6.07) is 11.1. The molecule has 1 fully saturated rings. The van der Waals surface area contributed by atoms with Gasteiger partial charge in [0.15, 0.2) is 0 Å². The zero-order valence-corrected chi connectivity index (χ0v) is 16.9. The monoisotopic (exact) mass is 422 g/mol. The number of carbonyl (C=O) groups excluding carboxylic acids is 2. The number of para-hydroxylation sites is 2. The molecule has 2 aromatic rings. The van der Waals surface area contributed by atoms with Gasteiger partial charge in [0.05, 0.1) is 40.2 Å². The van der Waals surface area contributed by atoms with Crippen molar-refractivity contribution in [3.63, 3.8) is 0 Å². The van der Waals surface area contributed by atoms with E-state index in [1.165, 1.54) is 18.2 Å². The molecule has 7 nitrogen and oxygen atoms in total. The lowest BCUT2D eigenvalue weighted by molar-refractivity contribution is -0.119. The third kappa shape index (κ3) is 3.83. The first-order valence-electron chi connectivity index (χ1n) is 8.64. The Morgan fingerprint density at radius 2 is 2.00 bits per heavy atom. The maximum absolute atomic E-state index is 12.6. The van der Waals surface area contributed by atoms with Crippen LogP contribution in [0.25, 0.3) is 0 Å². The van der Waals surface area contributed by atoms with Gasteiger partial charge in [-0.3, -0.25) is 9.59 Å². The van der Waals surface area contributed by atoms with Crippen LogP contribution in [0.1, 0.15) is 24.2 Å². The van der Waals surface area contributed by atoms with E-state index in [9.17, 15) is 18.0 Å². The Hall–Kier alpha value is -2.58. The standard InChI is InChI=1S/C19H19ClN2O5S/c1-3-27-17-7-5-4-6-16(17)21-18(23)14-9-8-13(10-15(14)20)22-19(24)12(2)11-28(22,25)26/h4-10,12H,3,11H2,1-2H3,(H,21,23)/t12-/m1/s1. The Bertz CT molecular complexity index is 1040. The van der Waals surface area contributed by atoms with Crippen LogP contribution in [0.3, 0.4) is 0 Å². The van der Waals surface area contributed by atoms with E-state index < -0.39 is 27.8 Å². The fourth-order valence-corrected chi connectivity index (χ4v) is 5.02. The largest absolute Gasteiger partial charge is 0.492 e. The minimum Gasteiger partial charge on any atom is -0.492 e. The van der Waals surface area contributed by atoms with Gasteiger partial charge in [-0.2, -0.15) is 0 Å². The van der Waals surface area contributed by atoms with Crippen molar-refractivity contribution in [3.05, 3.63) is 53.1 Å². The topological polar surface area (TPSA) is 92.8 Å². The highest BCUT2D eigenvalue weighted by molar-refractivity contribution is 7.94. The van der Waals surface area contributed by atoms with E-state index in [1.54, 1.807) is 31.2 Å². The van der Waals surface area contributed by atoms with Gasteiger partial charge in [0.1, 0.15) is 5.75 Å². The highest BCUT2D eigenvalue weighted by Gasteiger charge is 2.42. The normalized spacial score (nSPS) is 18.2. The smallest absolute Gasteiger partial charge is 0.257 e. The number of anilines is 2. The number of rotatable bonds is 5. The molecule has 0 aromatic heterocycles. The van der Waals surface area contributed by atoms with Crippen molar-refractivity contribution in [1.29, 1.82) is 0 Å². The van der Waals surface area contributed by atoms with Crippen molar-refractivity contribution in [3.8, 4) is 5.75 Å². The quantitative estimate of drug-likeness (QED) is 0.797. The lowest BCUT2D eigenvalue weighted by atomic mass is 10.1. The predicted octanol–water partition coefficient (Wildman–Crippen LogP) is 3.30. The summed E-state index contributed by atoms with van der Waals surface area (Å²) in [7, 11) is -3.74. The number of halogens is 1. The van der Waals surface area contributed by atoms with Crippen molar-refractivity contribution in [2.45, 2.75) is 13.8 Å². The molecule has 0 spiro atoms. The van der Waals surface area contributed by atoms with Crippen molar-refractivity contribution < 1.29 is 22.7 Å². The van der Waals surface area contributed by atoms with Gasteiger partial charge in [-0.25, -0.2) is 12.7 Å². The van der Waals surface area contributed by atoms with Gasteiger partial charge >= 0.3 is 0 Å². The molecule has 0 radical (unpaired) electrons. The molecule has 0 aliphatic carbocycles. The number of ether oxygens (including phenoxy) is 1. The average molecular weight is 423 g/mol. The van der Waals surface area contributed by atoms with Crippen molar-refractivity contribution in [1.82, 2.24) is 0 Å². The van der Waals surface area contributed by atoms with Crippen LogP contribution in [-0.2, 0) is 14.8 Å². The maximum Gasteiger partial charge on any atom is 0.257 e. The van der Waals surface area contributed by atoms with Crippen LogP contribution in [0, 0.1) is 5.92 Å². The number of nitrogens with one attached hydrogen (secondary N) is 1. The Morgan fingerprint density at radius 3 is 2.61 bits per heavy atom. The molecule has 28 heavy (non-hydrogen) atoms. The van der Waals surface area contributed by atoms with E-state index in [2.05, 4.69) is 5.32 Å². The molecule has 148 valence electrons. The molecular formula is C19H19ClN2O5S. The number of benzene rings is 2. The fourth-order valence-electron chi connectivity index (χ4n) is 2.94. The molecule has 1 atom stereocenters. The molecule has 1 saturated heterocycles. The first kappa shape index (κ1) is 20.2. The van der Waals surface area contributed by atoms with Gasteiger partial charge in [0.2, 0.25) is 15.9 Å². The highest BCUT2D eigenvalue weighted by atomic mass is 35.5. The molecule has 1 N–H and O–H groups in total. The van der Waals surface area contributed by atoms with Crippen LogP contribution in [0.5, 0.6) is 5.75 Å². The summed E-state index contributed by atoms with van der Waals surface area (Å²) < 4.78 is 30.7. The lowest BCUT2D eigenvalue weighted by Crippen LogP contribution is -2.30. The van der Waals surface area contributed by atoms with Crippen LogP contribution in [0.2, 0.25) is 5.02 Å². The molecule has 0 bridgehead atoms. The first-order chi connectivity index (χ1) is 13.2. The lowest BCUT2D eigenvalue weighted by Gasteiger charge is -2.17. The molecule has 2 aromatic carbocycles. The average Bonchev–Trinajstić information content (AvgIpc) is 2.83. The van der Waals surface area contributed by atoms with Gasteiger partial charge in [-0.1, -0.05) is 30.7 Å². The van der Waals surface area contributed by atoms with E-state index in [0.29, 0.717) is 18.0 Å². The zero-order valence-electron chi connectivity index (χ0n) is 15.3. The second-order valence-corrected chi connectivity index (χ2v) is 8.60. The third-order valence-corrected chi connectivity index (χ3v) is 6.41. The Kier molecular flexibility index (Phi) is 5.62. The van der Waals surface area contributed by atoms with Crippen LogP contribution in [-0.4, -0.2) is 32.6 Å². The number of hydrogen-bond acceptors (Lipinski definition) is 5. The van der Waals surface area contributed by atoms with Crippen molar-refractivity contribution in [2.24, 2.45) is 5.92 Å². The second-order valence-electron chi connectivity index (χ2n) is 6.33. The number of nitrogens with zero attached hydrogens (tertiary/aromatic N) is 1. The molecule has 3 rings (SSSR count). The Labute approximate surface area is 168 Å². The number of carbonyl (C=O) groups is 2. The van der Waals surface area contributed by atoms with Crippen molar-refractivity contribution >= 4 is 44.8 Å². The van der Waals surface area contributed by atoms with Gasteiger partial charge in [-0.05, 0) is 37.3 Å². The van der Waals surface area contributed by atoms with Crippen LogP contribution < -0.4 is 14.4 Å². The van der Waals surface area contributed by atoms with Crippen LogP contribution in [0.15, 0.2) is 42.5 Å².